The highest BCUT2D eigenvalue weighted by atomic mass is 16.7. The van der Waals surface area contributed by atoms with Gasteiger partial charge in [0, 0.05) is 6.54 Å². The van der Waals surface area contributed by atoms with Crippen LogP contribution in [-0.4, -0.2) is 13.2 Å². The fraction of sp³-hybridized carbons (Fsp3) is 0.500. The normalized spacial score (nSPS) is 15.4. The minimum Gasteiger partial charge on any atom is -0.273 e. The van der Waals surface area contributed by atoms with Gasteiger partial charge in [-0.25, -0.2) is 0 Å². The Morgan fingerprint density at radius 1 is 1.36 bits per heavy atom. The van der Waals surface area contributed by atoms with Gasteiger partial charge in [0.25, 0.3) is 0 Å². The summed E-state index contributed by atoms with van der Waals surface area (Å²) >= 11 is 0. The van der Waals surface area contributed by atoms with Crippen molar-refractivity contribution < 1.29 is 4.84 Å². The number of hydroxylamine groups is 1. The minimum absolute atomic E-state index is 0.814. The largest absolute Gasteiger partial charge is 0.273 e. The Morgan fingerprint density at radius 2 is 2.21 bits per heavy atom. The smallest absolute Gasteiger partial charge is 0.0746 e. The lowest BCUT2D eigenvalue weighted by Gasteiger charge is -2.29. The van der Waals surface area contributed by atoms with E-state index >= 15 is 0 Å². The molecule has 0 N–H and O–H groups in total. The van der Waals surface area contributed by atoms with Crippen LogP contribution in [0.4, 0.5) is 5.69 Å². The van der Waals surface area contributed by atoms with E-state index in [0.717, 1.165) is 19.6 Å². The molecule has 0 aliphatic carbocycles. The third kappa shape index (κ3) is 1.90. The molecule has 0 radical (unpaired) electrons. The van der Waals surface area contributed by atoms with Gasteiger partial charge in [-0.3, -0.25) is 9.90 Å². The number of aryl methyl sites for hydroxylation is 1. The number of hydrogen-bond donors (Lipinski definition) is 0. The Bertz CT molecular complexity index is 298. The molecule has 1 aliphatic heterocycles. The molecule has 0 unspecified atom stereocenters. The third-order valence-corrected chi connectivity index (χ3v) is 2.52. The third-order valence-electron chi connectivity index (χ3n) is 2.52. The molecule has 1 aromatic rings. The van der Waals surface area contributed by atoms with Crippen LogP contribution in [0.1, 0.15) is 25.3 Å². The van der Waals surface area contributed by atoms with Crippen molar-refractivity contribution >= 4 is 5.69 Å². The molecule has 1 aromatic carbocycles. The van der Waals surface area contributed by atoms with Crippen LogP contribution in [-0.2, 0) is 11.3 Å². The monoisotopic (exact) mass is 191 g/mol. The molecule has 1 heterocycles. The first-order chi connectivity index (χ1) is 6.92. The van der Waals surface area contributed by atoms with E-state index in [0.29, 0.717) is 0 Å². The highest BCUT2D eigenvalue weighted by Gasteiger charge is 2.15. The fourth-order valence-corrected chi connectivity index (χ4v) is 1.83. The Hall–Kier alpha value is -1.02. The summed E-state index contributed by atoms with van der Waals surface area (Å²) in [6.45, 7) is 3.97. The standard InChI is InChI=1S/C12H17NO/c1-2-10-14-13-9-5-7-11-6-3-4-8-12(11)13/h3-4,6,8H,2,5,7,9-10H2,1H3. The maximum absolute atomic E-state index is 5.69. The summed E-state index contributed by atoms with van der Waals surface area (Å²) in [5.41, 5.74) is 2.67. The lowest BCUT2D eigenvalue weighted by atomic mass is 10.0. The van der Waals surface area contributed by atoms with Crippen molar-refractivity contribution in [2.45, 2.75) is 26.2 Å². The molecule has 0 aromatic heterocycles. The van der Waals surface area contributed by atoms with Crippen LogP contribution >= 0.6 is 0 Å². The lowest BCUT2D eigenvalue weighted by molar-refractivity contribution is 0.104. The summed E-state index contributed by atoms with van der Waals surface area (Å²) in [4.78, 5) is 5.69. The highest BCUT2D eigenvalue weighted by molar-refractivity contribution is 5.53. The SMILES string of the molecule is CCCON1CCCc2ccccc21. The summed E-state index contributed by atoms with van der Waals surface area (Å²) in [6.07, 6.45) is 3.45. The number of anilines is 1. The topological polar surface area (TPSA) is 12.5 Å². The van der Waals surface area contributed by atoms with Crippen LogP contribution in [0.3, 0.4) is 0 Å². The molecule has 0 spiro atoms. The number of benzene rings is 1. The van der Waals surface area contributed by atoms with Crippen molar-refractivity contribution in [3.63, 3.8) is 0 Å². The van der Waals surface area contributed by atoms with Crippen LogP contribution in [0.15, 0.2) is 24.3 Å². The number of fused-ring (bicyclic) bond motifs is 1. The van der Waals surface area contributed by atoms with E-state index in [9.17, 15) is 0 Å². The average Bonchev–Trinajstić information content (AvgIpc) is 2.26. The van der Waals surface area contributed by atoms with Crippen LogP contribution in [0.25, 0.3) is 0 Å². The maximum atomic E-state index is 5.69. The second-order valence-electron chi connectivity index (χ2n) is 3.67. The molecule has 2 heteroatoms. The van der Waals surface area contributed by atoms with Gasteiger partial charge in [0.05, 0.1) is 12.3 Å². The van der Waals surface area contributed by atoms with E-state index in [4.69, 9.17) is 4.84 Å². The quantitative estimate of drug-likeness (QED) is 0.728. The molecule has 76 valence electrons. The summed E-state index contributed by atoms with van der Waals surface area (Å²) in [6, 6.07) is 8.51. The van der Waals surface area contributed by atoms with Crippen molar-refractivity contribution in [2.24, 2.45) is 0 Å². The predicted molar refractivity (Wildman–Crippen MR) is 58.4 cm³/mol. The van der Waals surface area contributed by atoms with Gasteiger partial charge in [0.1, 0.15) is 0 Å². The minimum atomic E-state index is 0.814. The van der Waals surface area contributed by atoms with E-state index in [1.54, 1.807) is 0 Å². The van der Waals surface area contributed by atoms with Gasteiger partial charge in [0.2, 0.25) is 0 Å². The van der Waals surface area contributed by atoms with Gasteiger partial charge in [-0.15, -0.1) is 0 Å². The van der Waals surface area contributed by atoms with Crippen molar-refractivity contribution in [3.05, 3.63) is 29.8 Å². The molecule has 0 bridgehead atoms. The molecule has 2 nitrogen and oxygen atoms in total. The first kappa shape index (κ1) is 9.53. The van der Waals surface area contributed by atoms with Crippen LogP contribution in [0.2, 0.25) is 0 Å². The summed E-state index contributed by atoms with van der Waals surface area (Å²) in [5, 5.41) is 2.04. The first-order valence-electron chi connectivity index (χ1n) is 5.40. The second kappa shape index (κ2) is 4.47. The van der Waals surface area contributed by atoms with Gasteiger partial charge in [-0.1, -0.05) is 25.1 Å². The number of nitrogens with zero attached hydrogens (tertiary/aromatic N) is 1. The fourth-order valence-electron chi connectivity index (χ4n) is 1.83. The summed E-state index contributed by atoms with van der Waals surface area (Å²) in [7, 11) is 0. The molecule has 0 saturated heterocycles. The summed E-state index contributed by atoms with van der Waals surface area (Å²) in [5.74, 6) is 0. The van der Waals surface area contributed by atoms with Crippen molar-refractivity contribution in [3.8, 4) is 0 Å². The molecular weight excluding hydrogens is 174 g/mol. The molecule has 14 heavy (non-hydrogen) atoms. The Morgan fingerprint density at radius 3 is 3.07 bits per heavy atom. The zero-order chi connectivity index (χ0) is 9.80. The van der Waals surface area contributed by atoms with Gasteiger partial charge in [0.15, 0.2) is 0 Å². The molecule has 2 rings (SSSR count). The van der Waals surface area contributed by atoms with E-state index in [1.807, 2.05) is 5.06 Å². The lowest BCUT2D eigenvalue weighted by Crippen LogP contribution is -2.29. The van der Waals surface area contributed by atoms with E-state index in [-0.39, 0.29) is 0 Å². The van der Waals surface area contributed by atoms with Crippen molar-refractivity contribution in [1.82, 2.24) is 0 Å². The van der Waals surface area contributed by atoms with E-state index in [2.05, 4.69) is 31.2 Å². The van der Waals surface area contributed by atoms with E-state index < -0.39 is 0 Å². The van der Waals surface area contributed by atoms with Gasteiger partial charge < -0.3 is 0 Å². The first-order valence-corrected chi connectivity index (χ1v) is 5.40. The molecule has 0 atom stereocenters. The number of hydrogen-bond acceptors (Lipinski definition) is 2. The zero-order valence-corrected chi connectivity index (χ0v) is 8.70. The van der Waals surface area contributed by atoms with Crippen molar-refractivity contribution in [1.29, 1.82) is 0 Å². The van der Waals surface area contributed by atoms with Gasteiger partial charge in [-0.05, 0) is 30.9 Å². The van der Waals surface area contributed by atoms with Crippen LogP contribution in [0, 0.1) is 0 Å². The Kier molecular flexibility index (Phi) is 3.04. The molecular formula is C12H17NO. The Balaban J connectivity index is 2.14. The maximum Gasteiger partial charge on any atom is 0.0746 e. The zero-order valence-electron chi connectivity index (χ0n) is 8.70. The molecule has 1 aliphatic rings. The van der Waals surface area contributed by atoms with Crippen LogP contribution in [0.5, 0.6) is 0 Å². The number of rotatable bonds is 3. The highest BCUT2D eigenvalue weighted by Crippen LogP contribution is 2.26. The van der Waals surface area contributed by atoms with E-state index in [1.165, 1.54) is 24.1 Å². The molecule has 0 fully saturated rings. The predicted octanol–water partition coefficient (Wildman–Crippen LogP) is 2.78. The number of para-hydroxylation sites is 1. The second-order valence-corrected chi connectivity index (χ2v) is 3.67. The average molecular weight is 191 g/mol. The van der Waals surface area contributed by atoms with Crippen LogP contribution < -0.4 is 5.06 Å². The summed E-state index contributed by atoms with van der Waals surface area (Å²) < 4.78 is 0. The molecule has 0 amide bonds. The van der Waals surface area contributed by atoms with Gasteiger partial charge >= 0.3 is 0 Å². The Labute approximate surface area is 85.4 Å². The van der Waals surface area contributed by atoms with Gasteiger partial charge in [-0.2, -0.15) is 0 Å². The molecule has 0 saturated carbocycles. The van der Waals surface area contributed by atoms with Crippen molar-refractivity contribution in [2.75, 3.05) is 18.2 Å².